The molecule has 1 aromatic heterocycles. The van der Waals surface area contributed by atoms with E-state index in [1.165, 1.54) is 12.8 Å². The van der Waals surface area contributed by atoms with Gasteiger partial charge in [-0.25, -0.2) is 13.1 Å². The van der Waals surface area contributed by atoms with E-state index in [2.05, 4.69) is 15.0 Å². The van der Waals surface area contributed by atoms with Crippen molar-refractivity contribution in [3.05, 3.63) is 18.0 Å². The topological polar surface area (TPSA) is 83.2 Å². The van der Waals surface area contributed by atoms with Crippen LogP contribution < -0.4 is 10.0 Å². The number of hydrogen-bond donors (Lipinski definition) is 3. The Labute approximate surface area is 125 Å². The summed E-state index contributed by atoms with van der Waals surface area (Å²) in [5.74, 6) is 0. The highest BCUT2D eigenvalue weighted by Crippen LogP contribution is 2.20. The van der Waals surface area contributed by atoms with Gasteiger partial charge in [-0.05, 0) is 38.7 Å². The van der Waals surface area contributed by atoms with Crippen LogP contribution in [0.1, 0.15) is 38.3 Å². The third-order valence-corrected chi connectivity index (χ3v) is 5.59. The van der Waals surface area contributed by atoms with Crippen LogP contribution >= 0.6 is 0 Å². The van der Waals surface area contributed by atoms with Crippen LogP contribution in [-0.2, 0) is 21.3 Å². The number of hydrogen-bond acceptors (Lipinski definition) is 4. The van der Waals surface area contributed by atoms with E-state index in [-0.39, 0.29) is 12.1 Å². The zero-order chi connectivity index (χ0) is 14.9. The van der Waals surface area contributed by atoms with Crippen molar-refractivity contribution in [1.29, 1.82) is 0 Å². The molecular weight excluding hydrogens is 290 g/mol. The summed E-state index contributed by atoms with van der Waals surface area (Å²) >= 11 is 0. The average Bonchev–Trinajstić information content (AvgIpc) is 2.96. The van der Waals surface area contributed by atoms with Gasteiger partial charge in [-0.3, -0.25) is 0 Å². The molecule has 0 spiro atoms. The number of nitrogens with one attached hydrogen (secondary N) is 3. The number of H-pyrrole nitrogens is 1. The first-order valence-corrected chi connectivity index (χ1v) is 9.07. The molecule has 6 nitrogen and oxygen atoms in total. The quantitative estimate of drug-likeness (QED) is 0.704. The standard InChI is InChI=1S/C14H23N3O3S/c1-10(14-3-2-6-20-14)17-21(18,19)13-7-12(16-9-13)8-15-11-4-5-11/h7,9-11,14-17H,2-6,8H2,1H3. The Morgan fingerprint density at radius 3 is 2.90 bits per heavy atom. The third-order valence-electron chi connectivity index (χ3n) is 4.05. The molecule has 2 atom stereocenters. The van der Waals surface area contributed by atoms with Crippen LogP contribution in [0.5, 0.6) is 0 Å². The molecule has 0 aromatic carbocycles. The monoisotopic (exact) mass is 313 g/mol. The maximum absolute atomic E-state index is 12.4. The summed E-state index contributed by atoms with van der Waals surface area (Å²) in [6, 6.07) is 2.09. The second-order valence-electron chi connectivity index (χ2n) is 5.98. The molecule has 21 heavy (non-hydrogen) atoms. The summed E-state index contributed by atoms with van der Waals surface area (Å²) in [5.41, 5.74) is 0.895. The Kier molecular flexibility index (Phi) is 4.35. The van der Waals surface area contributed by atoms with Crippen molar-refractivity contribution < 1.29 is 13.2 Å². The molecule has 3 N–H and O–H groups in total. The maximum atomic E-state index is 12.4. The fraction of sp³-hybridized carbons (Fsp3) is 0.714. The molecule has 0 radical (unpaired) electrons. The number of sulfonamides is 1. The van der Waals surface area contributed by atoms with Gasteiger partial charge in [0.1, 0.15) is 0 Å². The molecule has 2 fully saturated rings. The Hall–Kier alpha value is -0.890. The third kappa shape index (κ3) is 3.85. The van der Waals surface area contributed by atoms with Crippen molar-refractivity contribution in [2.24, 2.45) is 0 Å². The SMILES string of the molecule is CC(NS(=O)(=O)c1c[nH]c(CNC2CC2)c1)C1CCCO1. The highest BCUT2D eigenvalue weighted by Gasteiger charge is 2.27. The van der Waals surface area contributed by atoms with Crippen LogP contribution in [-0.4, -0.2) is 38.2 Å². The summed E-state index contributed by atoms with van der Waals surface area (Å²) < 4.78 is 33.0. The predicted octanol–water partition coefficient (Wildman–Crippen LogP) is 1.11. The summed E-state index contributed by atoms with van der Waals surface area (Å²) in [4.78, 5) is 3.32. The van der Waals surface area contributed by atoms with Gasteiger partial charge in [0, 0.05) is 37.1 Å². The zero-order valence-corrected chi connectivity index (χ0v) is 13.1. The lowest BCUT2D eigenvalue weighted by atomic mass is 10.1. The molecular formula is C14H23N3O3S. The van der Waals surface area contributed by atoms with Gasteiger partial charge in [-0.2, -0.15) is 0 Å². The molecule has 0 amide bonds. The lowest BCUT2D eigenvalue weighted by molar-refractivity contribution is 0.0902. The molecule has 1 saturated heterocycles. The number of aromatic nitrogens is 1. The van der Waals surface area contributed by atoms with Gasteiger partial charge < -0.3 is 15.0 Å². The zero-order valence-electron chi connectivity index (χ0n) is 12.3. The molecule has 2 aliphatic rings. The smallest absolute Gasteiger partial charge is 0.242 e. The van der Waals surface area contributed by atoms with Crippen LogP contribution in [0.25, 0.3) is 0 Å². The van der Waals surface area contributed by atoms with Crippen LogP contribution in [0, 0.1) is 0 Å². The molecule has 2 unspecified atom stereocenters. The van der Waals surface area contributed by atoms with Gasteiger partial charge in [-0.1, -0.05) is 0 Å². The van der Waals surface area contributed by atoms with Crippen molar-refractivity contribution in [3.63, 3.8) is 0 Å². The van der Waals surface area contributed by atoms with E-state index in [0.29, 0.717) is 17.5 Å². The molecule has 3 rings (SSSR count). The van der Waals surface area contributed by atoms with E-state index in [4.69, 9.17) is 4.74 Å². The van der Waals surface area contributed by atoms with Crippen molar-refractivity contribution in [2.75, 3.05) is 6.61 Å². The molecule has 1 aliphatic carbocycles. The van der Waals surface area contributed by atoms with E-state index in [0.717, 1.165) is 25.1 Å². The molecule has 1 aromatic rings. The summed E-state index contributed by atoms with van der Waals surface area (Å²) in [6.07, 6.45) is 5.87. The summed E-state index contributed by atoms with van der Waals surface area (Å²) in [6.45, 7) is 3.26. The molecule has 7 heteroatoms. The van der Waals surface area contributed by atoms with Crippen molar-refractivity contribution >= 4 is 10.0 Å². The van der Waals surface area contributed by atoms with Crippen LogP contribution in [0.3, 0.4) is 0 Å². The van der Waals surface area contributed by atoms with E-state index in [1.807, 2.05) is 6.92 Å². The van der Waals surface area contributed by atoms with Crippen LogP contribution in [0.15, 0.2) is 17.2 Å². The lowest BCUT2D eigenvalue weighted by Gasteiger charge is -2.19. The second kappa shape index (κ2) is 6.08. The minimum Gasteiger partial charge on any atom is -0.377 e. The van der Waals surface area contributed by atoms with Crippen molar-refractivity contribution in [3.8, 4) is 0 Å². The van der Waals surface area contributed by atoms with Crippen LogP contribution in [0.4, 0.5) is 0 Å². The van der Waals surface area contributed by atoms with E-state index in [1.54, 1.807) is 12.3 Å². The first kappa shape index (κ1) is 15.0. The lowest BCUT2D eigenvalue weighted by Crippen LogP contribution is -2.40. The highest BCUT2D eigenvalue weighted by molar-refractivity contribution is 7.89. The maximum Gasteiger partial charge on any atom is 0.242 e. The van der Waals surface area contributed by atoms with Gasteiger partial charge in [0.25, 0.3) is 0 Å². The van der Waals surface area contributed by atoms with Gasteiger partial charge in [0.15, 0.2) is 0 Å². The Morgan fingerprint density at radius 2 is 2.24 bits per heavy atom. The Bertz CT molecular complexity index is 574. The molecule has 118 valence electrons. The normalized spacial score (nSPS) is 24.3. The average molecular weight is 313 g/mol. The van der Waals surface area contributed by atoms with E-state index < -0.39 is 10.0 Å². The van der Waals surface area contributed by atoms with Crippen molar-refractivity contribution in [1.82, 2.24) is 15.0 Å². The minimum absolute atomic E-state index is 0.0188. The Morgan fingerprint density at radius 1 is 1.43 bits per heavy atom. The molecule has 1 aliphatic heterocycles. The molecule has 1 saturated carbocycles. The first-order valence-electron chi connectivity index (χ1n) is 7.59. The first-order chi connectivity index (χ1) is 10.0. The second-order valence-corrected chi connectivity index (χ2v) is 7.69. The Balaban J connectivity index is 1.60. The van der Waals surface area contributed by atoms with Gasteiger partial charge in [-0.15, -0.1) is 0 Å². The highest BCUT2D eigenvalue weighted by atomic mass is 32.2. The fourth-order valence-corrected chi connectivity index (χ4v) is 3.89. The largest absolute Gasteiger partial charge is 0.377 e. The fourth-order valence-electron chi connectivity index (χ4n) is 2.60. The van der Waals surface area contributed by atoms with Gasteiger partial charge in [0.2, 0.25) is 10.0 Å². The molecule has 2 heterocycles. The molecule has 0 bridgehead atoms. The van der Waals surface area contributed by atoms with Crippen LogP contribution in [0.2, 0.25) is 0 Å². The number of ether oxygens (including phenoxy) is 1. The minimum atomic E-state index is -3.49. The summed E-state index contributed by atoms with van der Waals surface area (Å²) in [7, 11) is -3.49. The van der Waals surface area contributed by atoms with E-state index in [9.17, 15) is 8.42 Å². The predicted molar refractivity (Wildman–Crippen MR) is 79.4 cm³/mol. The van der Waals surface area contributed by atoms with E-state index >= 15 is 0 Å². The summed E-state index contributed by atoms with van der Waals surface area (Å²) in [5, 5.41) is 3.36. The number of aromatic amines is 1. The number of rotatable bonds is 7. The van der Waals surface area contributed by atoms with Crippen molar-refractivity contribution in [2.45, 2.75) is 62.2 Å². The van der Waals surface area contributed by atoms with Gasteiger partial charge >= 0.3 is 0 Å². The van der Waals surface area contributed by atoms with Gasteiger partial charge in [0.05, 0.1) is 11.0 Å².